The molecule has 0 aliphatic rings. The Morgan fingerprint density at radius 2 is 2.00 bits per heavy atom. The van der Waals surface area contributed by atoms with Crippen LogP contribution >= 0.6 is 0 Å². The summed E-state index contributed by atoms with van der Waals surface area (Å²) in [6.45, 7) is 5.08. The third-order valence-corrected chi connectivity index (χ3v) is 3.75. The van der Waals surface area contributed by atoms with E-state index in [1.165, 1.54) is 6.08 Å². The van der Waals surface area contributed by atoms with Crippen LogP contribution in [0.25, 0.3) is 6.08 Å². The monoisotopic (exact) mass is 310 g/mol. The number of rotatable bonds is 10. The molecule has 0 spiro atoms. The first kappa shape index (κ1) is 18.6. The average Bonchev–Trinajstić information content (AvgIpc) is 2.99. The van der Waals surface area contributed by atoms with Crippen molar-refractivity contribution >= 4 is 6.08 Å². The second-order valence-corrected chi connectivity index (χ2v) is 5.29. The summed E-state index contributed by atoms with van der Waals surface area (Å²) < 4.78 is 5.42. The number of hydrogen-bond donors (Lipinski definition) is 4. The Bertz CT molecular complexity index is 477. The quantitative estimate of drug-likeness (QED) is 0.495. The lowest BCUT2D eigenvalue weighted by atomic mass is 9.91. The van der Waals surface area contributed by atoms with E-state index in [1.807, 2.05) is 13.0 Å². The molecule has 1 heterocycles. The first-order chi connectivity index (χ1) is 10.5. The first-order valence-corrected chi connectivity index (χ1v) is 7.54. The van der Waals surface area contributed by atoms with Gasteiger partial charge in [-0.3, -0.25) is 0 Å². The molecule has 0 amide bonds. The van der Waals surface area contributed by atoms with Gasteiger partial charge < -0.3 is 24.8 Å². The van der Waals surface area contributed by atoms with Gasteiger partial charge in [0.05, 0.1) is 18.8 Å². The molecule has 3 atom stereocenters. The minimum atomic E-state index is -1.00. The normalized spacial score (nSPS) is 16.3. The number of hydrogen-bond acceptors (Lipinski definition) is 5. The maximum Gasteiger partial charge on any atom is 0.130 e. The molecule has 22 heavy (non-hydrogen) atoms. The van der Waals surface area contributed by atoms with Crippen molar-refractivity contribution in [3.05, 3.63) is 41.9 Å². The van der Waals surface area contributed by atoms with E-state index in [0.717, 1.165) is 12.0 Å². The highest BCUT2D eigenvalue weighted by Gasteiger charge is 2.23. The second-order valence-electron chi connectivity index (χ2n) is 5.29. The van der Waals surface area contributed by atoms with Crippen molar-refractivity contribution in [2.24, 2.45) is 5.92 Å². The molecule has 1 aromatic rings. The highest BCUT2D eigenvalue weighted by atomic mass is 16.4. The van der Waals surface area contributed by atoms with Gasteiger partial charge in [0.15, 0.2) is 0 Å². The molecular weight excluding hydrogens is 284 g/mol. The van der Waals surface area contributed by atoms with Crippen molar-refractivity contribution in [2.45, 2.75) is 45.0 Å². The van der Waals surface area contributed by atoms with Crippen LogP contribution in [0.5, 0.6) is 0 Å². The fourth-order valence-electron chi connectivity index (χ4n) is 2.33. The van der Waals surface area contributed by atoms with E-state index < -0.39 is 24.7 Å². The average molecular weight is 310 g/mol. The summed E-state index contributed by atoms with van der Waals surface area (Å²) >= 11 is 0. The zero-order chi connectivity index (χ0) is 16.5. The van der Waals surface area contributed by atoms with Crippen molar-refractivity contribution in [3.8, 4) is 0 Å². The summed E-state index contributed by atoms with van der Waals surface area (Å²) in [5, 5.41) is 37.7. The summed E-state index contributed by atoms with van der Waals surface area (Å²) in [7, 11) is 0. The third kappa shape index (κ3) is 5.42. The van der Waals surface area contributed by atoms with Crippen molar-refractivity contribution in [1.29, 1.82) is 0 Å². The van der Waals surface area contributed by atoms with E-state index >= 15 is 0 Å². The van der Waals surface area contributed by atoms with E-state index in [2.05, 4.69) is 6.58 Å². The van der Waals surface area contributed by atoms with Crippen LogP contribution in [0.3, 0.4) is 0 Å². The smallest absolute Gasteiger partial charge is 0.130 e. The van der Waals surface area contributed by atoms with E-state index in [9.17, 15) is 10.2 Å². The van der Waals surface area contributed by atoms with Gasteiger partial charge in [0.25, 0.3) is 0 Å². The SMILES string of the molecule is C=C[C@@H]([C@H](O)CO)[C@H](O)CC/C(=C/c1ccc(CO)o1)CC. The third-order valence-electron chi connectivity index (χ3n) is 3.75. The predicted molar refractivity (Wildman–Crippen MR) is 84.9 cm³/mol. The predicted octanol–water partition coefficient (Wildman–Crippen LogP) is 1.86. The Labute approximate surface area is 131 Å². The molecule has 5 nitrogen and oxygen atoms in total. The lowest BCUT2D eigenvalue weighted by Gasteiger charge is -2.23. The minimum Gasteiger partial charge on any atom is -0.459 e. The zero-order valence-electron chi connectivity index (χ0n) is 13.0. The Balaban J connectivity index is 2.64. The standard InChI is InChI=1S/C17H26O5/c1-3-12(9-13-6-7-14(10-18)22-13)5-8-16(20)15(4-2)17(21)11-19/h4,6-7,9,15-21H,2-3,5,8,10-11H2,1H3/b12-9+/t15-,16-,17-/m1/s1. The van der Waals surface area contributed by atoms with Crippen molar-refractivity contribution in [3.63, 3.8) is 0 Å². The molecule has 0 bridgehead atoms. The second kappa shape index (κ2) is 9.58. The van der Waals surface area contributed by atoms with Gasteiger partial charge in [-0.1, -0.05) is 18.6 Å². The molecule has 0 aliphatic carbocycles. The molecule has 1 aromatic heterocycles. The van der Waals surface area contributed by atoms with E-state index in [4.69, 9.17) is 14.6 Å². The Kier molecular flexibility index (Phi) is 8.12. The van der Waals surface area contributed by atoms with Crippen LogP contribution < -0.4 is 0 Å². The highest BCUT2D eigenvalue weighted by Crippen LogP contribution is 2.22. The van der Waals surface area contributed by atoms with Crippen LogP contribution in [0.4, 0.5) is 0 Å². The highest BCUT2D eigenvalue weighted by molar-refractivity contribution is 5.47. The molecular formula is C17H26O5. The lowest BCUT2D eigenvalue weighted by molar-refractivity contribution is 0.00210. The van der Waals surface area contributed by atoms with E-state index in [1.54, 1.807) is 12.1 Å². The molecule has 5 heteroatoms. The summed E-state index contributed by atoms with van der Waals surface area (Å²) in [6.07, 6.45) is 3.52. The Morgan fingerprint density at radius 3 is 2.50 bits per heavy atom. The Morgan fingerprint density at radius 1 is 1.27 bits per heavy atom. The van der Waals surface area contributed by atoms with Crippen LogP contribution in [0.1, 0.15) is 37.7 Å². The molecule has 1 rings (SSSR count). The Hall–Kier alpha value is -1.40. The van der Waals surface area contributed by atoms with Crippen molar-refractivity contribution in [2.75, 3.05) is 6.61 Å². The molecule has 0 saturated carbocycles. The maximum absolute atomic E-state index is 10.1. The number of aliphatic hydroxyl groups is 4. The zero-order valence-corrected chi connectivity index (χ0v) is 13.0. The molecule has 0 saturated heterocycles. The van der Waals surface area contributed by atoms with Crippen LogP contribution in [0, 0.1) is 5.92 Å². The van der Waals surface area contributed by atoms with E-state index in [0.29, 0.717) is 24.4 Å². The lowest BCUT2D eigenvalue weighted by Crippen LogP contribution is -2.32. The minimum absolute atomic E-state index is 0.131. The number of aliphatic hydroxyl groups excluding tert-OH is 4. The number of allylic oxidation sites excluding steroid dienone is 1. The number of furan rings is 1. The topological polar surface area (TPSA) is 94.1 Å². The van der Waals surface area contributed by atoms with Gasteiger partial charge in [0.2, 0.25) is 0 Å². The van der Waals surface area contributed by atoms with Crippen LogP contribution in [-0.2, 0) is 6.61 Å². The maximum atomic E-state index is 10.1. The van der Waals surface area contributed by atoms with Gasteiger partial charge in [-0.05, 0) is 37.5 Å². The molecule has 0 aliphatic heterocycles. The fraction of sp³-hybridized carbons (Fsp3) is 0.529. The molecule has 4 N–H and O–H groups in total. The van der Waals surface area contributed by atoms with Crippen LogP contribution in [0.2, 0.25) is 0 Å². The molecule has 0 aromatic carbocycles. The van der Waals surface area contributed by atoms with Gasteiger partial charge in [0, 0.05) is 5.92 Å². The van der Waals surface area contributed by atoms with E-state index in [-0.39, 0.29) is 6.61 Å². The summed E-state index contributed by atoms with van der Waals surface area (Å²) in [5.74, 6) is 0.637. The van der Waals surface area contributed by atoms with Gasteiger partial charge in [-0.15, -0.1) is 6.58 Å². The summed E-state index contributed by atoms with van der Waals surface area (Å²) in [4.78, 5) is 0. The van der Waals surface area contributed by atoms with Crippen molar-refractivity contribution < 1.29 is 24.8 Å². The first-order valence-electron chi connectivity index (χ1n) is 7.54. The fourth-order valence-corrected chi connectivity index (χ4v) is 2.33. The van der Waals surface area contributed by atoms with Crippen molar-refractivity contribution in [1.82, 2.24) is 0 Å². The van der Waals surface area contributed by atoms with Crippen LogP contribution in [0.15, 0.2) is 34.8 Å². The summed E-state index contributed by atoms with van der Waals surface area (Å²) in [5.41, 5.74) is 1.10. The van der Waals surface area contributed by atoms with Gasteiger partial charge in [-0.25, -0.2) is 0 Å². The molecule has 0 radical (unpaired) electrons. The van der Waals surface area contributed by atoms with Gasteiger partial charge in [0.1, 0.15) is 18.1 Å². The molecule has 124 valence electrons. The molecule has 0 fully saturated rings. The van der Waals surface area contributed by atoms with Gasteiger partial charge in [-0.2, -0.15) is 0 Å². The van der Waals surface area contributed by atoms with Crippen LogP contribution in [-0.4, -0.2) is 39.2 Å². The van der Waals surface area contributed by atoms with Gasteiger partial charge >= 0.3 is 0 Å². The summed E-state index contributed by atoms with van der Waals surface area (Å²) in [6, 6.07) is 3.51. The largest absolute Gasteiger partial charge is 0.459 e. The molecule has 0 unspecified atom stereocenters.